The van der Waals surface area contributed by atoms with Crippen LogP contribution in [0.3, 0.4) is 0 Å². The van der Waals surface area contributed by atoms with Crippen molar-refractivity contribution < 1.29 is 0 Å². The first-order valence-electron chi connectivity index (χ1n) is 6.41. The van der Waals surface area contributed by atoms with Gasteiger partial charge in [-0.3, -0.25) is 0 Å². The summed E-state index contributed by atoms with van der Waals surface area (Å²) in [6.07, 6.45) is 10.3. The Morgan fingerprint density at radius 1 is 1.29 bits per heavy atom. The molecule has 2 fully saturated rings. The van der Waals surface area contributed by atoms with E-state index in [9.17, 15) is 0 Å². The minimum Gasteiger partial charge on any atom is -0.314 e. The molecular weight excluding hydrogens is 170 g/mol. The second kappa shape index (κ2) is 4.22. The number of hydrogen-bond acceptors (Lipinski definition) is 1. The number of nitrogens with one attached hydrogen (secondary N) is 1. The molecule has 1 saturated heterocycles. The van der Waals surface area contributed by atoms with Gasteiger partial charge in [0.05, 0.1) is 0 Å². The summed E-state index contributed by atoms with van der Waals surface area (Å²) >= 11 is 0. The third kappa shape index (κ3) is 2.50. The monoisotopic (exact) mass is 195 g/mol. The number of rotatable bonds is 2. The lowest BCUT2D eigenvalue weighted by Crippen LogP contribution is -2.37. The first-order chi connectivity index (χ1) is 6.68. The molecule has 0 amide bonds. The fourth-order valence-corrected chi connectivity index (χ4v) is 3.55. The van der Waals surface area contributed by atoms with Gasteiger partial charge in [0.2, 0.25) is 0 Å². The molecule has 1 heteroatoms. The number of hydrogen-bond donors (Lipinski definition) is 1. The molecule has 0 aromatic heterocycles. The number of piperidine rings is 1. The second-order valence-electron chi connectivity index (χ2n) is 5.97. The first kappa shape index (κ1) is 10.5. The standard InChI is InChI=1S/C13H25N/c1-11-9-12(5-8-14-11)10-13(2)6-3-4-7-13/h11-12,14H,3-10H2,1-2H3. The van der Waals surface area contributed by atoms with Crippen LogP contribution in [0.5, 0.6) is 0 Å². The average Bonchev–Trinajstić information content (AvgIpc) is 2.51. The zero-order valence-corrected chi connectivity index (χ0v) is 9.81. The lowest BCUT2D eigenvalue weighted by molar-refractivity contribution is 0.196. The Kier molecular flexibility index (Phi) is 3.16. The Morgan fingerprint density at radius 3 is 2.64 bits per heavy atom. The molecule has 14 heavy (non-hydrogen) atoms. The van der Waals surface area contributed by atoms with Gasteiger partial charge < -0.3 is 5.32 Å². The van der Waals surface area contributed by atoms with Crippen LogP contribution in [-0.2, 0) is 0 Å². The smallest absolute Gasteiger partial charge is 0.00413 e. The maximum Gasteiger partial charge on any atom is 0.00413 e. The largest absolute Gasteiger partial charge is 0.314 e. The fourth-order valence-electron chi connectivity index (χ4n) is 3.55. The summed E-state index contributed by atoms with van der Waals surface area (Å²) in [7, 11) is 0. The fraction of sp³-hybridized carbons (Fsp3) is 1.00. The van der Waals surface area contributed by atoms with Gasteiger partial charge in [-0.15, -0.1) is 0 Å². The molecule has 82 valence electrons. The van der Waals surface area contributed by atoms with Gasteiger partial charge in [0.25, 0.3) is 0 Å². The van der Waals surface area contributed by atoms with Crippen molar-refractivity contribution in [3.63, 3.8) is 0 Å². The van der Waals surface area contributed by atoms with Crippen molar-refractivity contribution in [3.8, 4) is 0 Å². The van der Waals surface area contributed by atoms with Crippen LogP contribution in [0.15, 0.2) is 0 Å². The molecular formula is C13H25N. The van der Waals surface area contributed by atoms with Crippen LogP contribution in [-0.4, -0.2) is 12.6 Å². The van der Waals surface area contributed by atoms with E-state index in [0.717, 1.165) is 12.0 Å². The van der Waals surface area contributed by atoms with E-state index in [4.69, 9.17) is 0 Å². The minimum absolute atomic E-state index is 0.710. The van der Waals surface area contributed by atoms with Crippen molar-refractivity contribution >= 4 is 0 Å². The first-order valence-corrected chi connectivity index (χ1v) is 6.41. The van der Waals surface area contributed by atoms with Crippen LogP contribution in [0.1, 0.15) is 58.8 Å². The summed E-state index contributed by atoms with van der Waals surface area (Å²) < 4.78 is 0. The second-order valence-corrected chi connectivity index (χ2v) is 5.97. The highest BCUT2D eigenvalue weighted by Crippen LogP contribution is 2.44. The van der Waals surface area contributed by atoms with Crippen molar-refractivity contribution in [1.82, 2.24) is 5.32 Å². The van der Waals surface area contributed by atoms with E-state index in [1.54, 1.807) is 0 Å². The molecule has 2 aliphatic rings. The van der Waals surface area contributed by atoms with Crippen molar-refractivity contribution in [2.24, 2.45) is 11.3 Å². The maximum absolute atomic E-state index is 3.55. The third-order valence-corrected chi connectivity index (χ3v) is 4.32. The molecule has 1 saturated carbocycles. The Hall–Kier alpha value is -0.0400. The molecule has 1 aliphatic heterocycles. The van der Waals surface area contributed by atoms with Gasteiger partial charge in [0.1, 0.15) is 0 Å². The molecule has 1 heterocycles. The zero-order chi connectivity index (χ0) is 10.0. The summed E-state index contributed by atoms with van der Waals surface area (Å²) in [6, 6.07) is 0.763. The van der Waals surface area contributed by atoms with Crippen LogP contribution in [0.2, 0.25) is 0 Å². The summed E-state index contributed by atoms with van der Waals surface area (Å²) in [4.78, 5) is 0. The van der Waals surface area contributed by atoms with Crippen molar-refractivity contribution in [2.45, 2.75) is 64.8 Å². The maximum atomic E-state index is 3.55. The van der Waals surface area contributed by atoms with Gasteiger partial charge in [-0.2, -0.15) is 0 Å². The highest BCUT2D eigenvalue weighted by atomic mass is 14.9. The van der Waals surface area contributed by atoms with Crippen LogP contribution >= 0.6 is 0 Å². The molecule has 0 bridgehead atoms. The SMILES string of the molecule is CC1CC(CC2(C)CCCC2)CCN1. The van der Waals surface area contributed by atoms with Gasteiger partial charge in [-0.05, 0) is 56.9 Å². The summed E-state index contributed by atoms with van der Waals surface area (Å²) in [6.45, 7) is 6.11. The molecule has 0 aromatic rings. The van der Waals surface area contributed by atoms with E-state index < -0.39 is 0 Å². The van der Waals surface area contributed by atoms with Crippen LogP contribution in [0.25, 0.3) is 0 Å². The van der Waals surface area contributed by atoms with E-state index in [1.165, 1.54) is 51.5 Å². The van der Waals surface area contributed by atoms with Crippen molar-refractivity contribution in [3.05, 3.63) is 0 Å². The minimum atomic E-state index is 0.710. The Balaban J connectivity index is 1.83. The van der Waals surface area contributed by atoms with Gasteiger partial charge >= 0.3 is 0 Å². The van der Waals surface area contributed by atoms with Crippen LogP contribution in [0, 0.1) is 11.3 Å². The van der Waals surface area contributed by atoms with E-state index in [-0.39, 0.29) is 0 Å². The highest BCUT2D eigenvalue weighted by molar-refractivity contribution is 4.85. The third-order valence-electron chi connectivity index (χ3n) is 4.32. The topological polar surface area (TPSA) is 12.0 Å². The molecule has 1 N–H and O–H groups in total. The van der Waals surface area contributed by atoms with E-state index in [1.807, 2.05) is 0 Å². The van der Waals surface area contributed by atoms with Gasteiger partial charge in [0, 0.05) is 6.04 Å². The summed E-state index contributed by atoms with van der Waals surface area (Å²) in [5, 5.41) is 3.55. The molecule has 2 atom stereocenters. The predicted molar refractivity (Wildman–Crippen MR) is 61.4 cm³/mol. The van der Waals surface area contributed by atoms with E-state index in [0.29, 0.717) is 5.41 Å². The van der Waals surface area contributed by atoms with Crippen LogP contribution < -0.4 is 5.32 Å². The zero-order valence-electron chi connectivity index (χ0n) is 9.81. The molecule has 1 nitrogen and oxygen atoms in total. The molecule has 0 radical (unpaired) electrons. The predicted octanol–water partition coefficient (Wildman–Crippen LogP) is 3.34. The molecule has 0 aromatic carbocycles. The molecule has 2 unspecified atom stereocenters. The summed E-state index contributed by atoms with van der Waals surface area (Å²) in [5.41, 5.74) is 0.710. The van der Waals surface area contributed by atoms with Gasteiger partial charge in [0.15, 0.2) is 0 Å². The molecule has 2 rings (SSSR count). The van der Waals surface area contributed by atoms with Gasteiger partial charge in [-0.1, -0.05) is 19.8 Å². The molecule has 0 spiro atoms. The lowest BCUT2D eigenvalue weighted by Gasteiger charge is -2.34. The van der Waals surface area contributed by atoms with E-state index in [2.05, 4.69) is 19.2 Å². The van der Waals surface area contributed by atoms with Gasteiger partial charge in [-0.25, -0.2) is 0 Å². The van der Waals surface area contributed by atoms with Crippen molar-refractivity contribution in [1.29, 1.82) is 0 Å². The Bertz CT molecular complexity index is 182. The van der Waals surface area contributed by atoms with E-state index >= 15 is 0 Å². The van der Waals surface area contributed by atoms with Crippen LogP contribution in [0.4, 0.5) is 0 Å². The quantitative estimate of drug-likeness (QED) is 0.712. The normalized spacial score (nSPS) is 37.3. The average molecular weight is 195 g/mol. The summed E-state index contributed by atoms with van der Waals surface area (Å²) in [5.74, 6) is 1.01. The highest BCUT2D eigenvalue weighted by Gasteiger charge is 2.32. The lowest BCUT2D eigenvalue weighted by atomic mass is 9.76. The Labute approximate surface area is 88.7 Å². The van der Waals surface area contributed by atoms with Crippen molar-refractivity contribution in [2.75, 3.05) is 6.54 Å². The Morgan fingerprint density at radius 2 is 2.00 bits per heavy atom. The molecule has 1 aliphatic carbocycles.